The van der Waals surface area contributed by atoms with Gasteiger partial charge < -0.3 is 14.8 Å². The van der Waals surface area contributed by atoms with Gasteiger partial charge in [-0.1, -0.05) is 15.9 Å². The van der Waals surface area contributed by atoms with Crippen molar-refractivity contribution in [1.82, 2.24) is 15.1 Å². The van der Waals surface area contributed by atoms with E-state index in [1.807, 2.05) is 43.8 Å². The van der Waals surface area contributed by atoms with Gasteiger partial charge in [0.1, 0.15) is 18.0 Å². The lowest BCUT2D eigenvalue weighted by molar-refractivity contribution is 0.0943. The Hall–Kier alpha value is -2.06. The summed E-state index contributed by atoms with van der Waals surface area (Å²) in [4.78, 5) is 14.4. The van der Waals surface area contributed by atoms with Gasteiger partial charge in [-0.25, -0.2) is 0 Å². The zero-order valence-corrected chi connectivity index (χ0v) is 17.0. The number of rotatable bonds is 3. The van der Waals surface area contributed by atoms with Gasteiger partial charge in [-0.3, -0.25) is 9.48 Å². The first-order valence-corrected chi connectivity index (χ1v) is 9.88. The fourth-order valence-corrected chi connectivity index (χ4v) is 4.77. The molecule has 6 nitrogen and oxygen atoms in total. The second kappa shape index (κ2) is 6.59. The quantitative estimate of drug-likeness (QED) is 0.675. The number of amides is 1. The molecule has 1 N–H and O–H groups in total. The van der Waals surface area contributed by atoms with Crippen LogP contribution in [0.25, 0.3) is 10.2 Å². The first-order chi connectivity index (χ1) is 12.4. The minimum atomic E-state index is -0.183. The number of hydrogen-bond donors (Lipinski definition) is 1. The highest BCUT2D eigenvalue weighted by atomic mass is 79.9. The maximum Gasteiger partial charge on any atom is 0.261 e. The molecule has 0 bridgehead atoms. The fourth-order valence-electron chi connectivity index (χ4n) is 3.07. The number of nitrogens with zero attached hydrogens (tertiary/aromatic N) is 2. The Balaban J connectivity index is 1.58. The highest BCUT2D eigenvalue weighted by Gasteiger charge is 2.21. The molecule has 3 aromatic rings. The summed E-state index contributed by atoms with van der Waals surface area (Å²) < 4.78 is 13.9. The van der Waals surface area contributed by atoms with Crippen molar-refractivity contribution in [1.29, 1.82) is 0 Å². The van der Waals surface area contributed by atoms with Gasteiger partial charge in [-0.15, -0.1) is 11.3 Å². The highest BCUT2D eigenvalue weighted by Crippen LogP contribution is 2.38. The molecule has 1 aliphatic rings. The molecule has 0 spiro atoms. The zero-order valence-electron chi connectivity index (χ0n) is 14.6. The van der Waals surface area contributed by atoms with E-state index >= 15 is 0 Å². The average molecular weight is 436 g/mol. The number of aryl methyl sites for hydroxylation is 2. The number of fused-ring (bicyclic) bond motifs is 2. The van der Waals surface area contributed by atoms with Gasteiger partial charge in [0, 0.05) is 16.9 Å². The Bertz CT molecular complexity index is 976. The van der Waals surface area contributed by atoms with Gasteiger partial charge in [-0.2, -0.15) is 5.10 Å². The van der Waals surface area contributed by atoms with Gasteiger partial charge >= 0.3 is 0 Å². The molecule has 136 valence electrons. The van der Waals surface area contributed by atoms with Crippen molar-refractivity contribution < 1.29 is 14.3 Å². The lowest BCUT2D eigenvalue weighted by Gasteiger charge is -2.22. The standard InChI is InChI=1S/C18H18BrN3O3S/c1-9(11-6-14-15(8-13(11)19)25-5-4-24-14)20-17(23)16-7-12-10(2)21-22(3)18(12)26-16/h6-9H,4-5H2,1-3H3,(H,20,23). The Morgan fingerprint density at radius 3 is 2.69 bits per heavy atom. The molecule has 3 heterocycles. The molecular weight excluding hydrogens is 418 g/mol. The van der Waals surface area contributed by atoms with Crippen LogP contribution in [0, 0.1) is 6.92 Å². The van der Waals surface area contributed by atoms with Crippen LogP contribution in [-0.4, -0.2) is 28.9 Å². The van der Waals surface area contributed by atoms with Crippen molar-refractivity contribution in [2.75, 3.05) is 13.2 Å². The largest absolute Gasteiger partial charge is 0.486 e. The molecule has 0 radical (unpaired) electrons. The molecule has 0 saturated heterocycles. The maximum atomic E-state index is 12.7. The Morgan fingerprint density at radius 1 is 1.31 bits per heavy atom. The van der Waals surface area contributed by atoms with E-state index in [4.69, 9.17) is 9.47 Å². The zero-order chi connectivity index (χ0) is 18.4. The van der Waals surface area contributed by atoms with E-state index in [0.717, 1.165) is 31.7 Å². The van der Waals surface area contributed by atoms with Gasteiger partial charge in [0.2, 0.25) is 0 Å². The van der Waals surface area contributed by atoms with Crippen LogP contribution in [-0.2, 0) is 7.05 Å². The molecule has 1 amide bonds. The summed E-state index contributed by atoms with van der Waals surface area (Å²) in [5.41, 5.74) is 1.88. The fraction of sp³-hybridized carbons (Fsp3) is 0.333. The third kappa shape index (κ3) is 2.97. The number of thiophene rings is 1. The van der Waals surface area contributed by atoms with E-state index in [1.54, 1.807) is 0 Å². The third-order valence-electron chi connectivity index (χ3n) is 4.40. The Kier molecular flexibility index (Phi) is 4.40. The van der Waals surface area contributed by atoms with Crippen molar-refractivity contribution in [3.05, 3.63) is 38.8 Å². The molecule has 0 saturated carbocycles. The molecule has 0 fully saturated rings. The van der Waals surface area contributed by atoms with Crippen molar-refractivity contribution in [2.24, 2.45) is 7.05 Å². The minimum absolute atomic E-state index is 0.0973. The number of carbonyl (C=O) groups is 1. The van der Waals surface area contributed by atoms with Crippen LogP contribution < -0.4 is 14.8 Å². The molecule has 26 heavy (non-hydrogen) atoms. The van der Waals surface area contributed by atoms with Gasteiger partial charge in [0.05, 0.1) is 16.6 Å². The van der Waals surface area contributed by atoms with Crippen LogP contribution in [0.3, 0.4) is 0 Å². The maximum absolute atomic E-state index is 12.7. The number of aromatic nitrogens is 2. The molecule has 1 aliphatic heterocycles. The van der Waals surface area contributed by atoms with E-state index in [1.165, 1.54) is 11.3 Å². The minimum Gasteiger partial charge on any atom is -0.486 e. The number of ether oxygens (including phenoxy) is 2. The smallest absolute Gasteiger partial charge is 0.261 e. The summed E-state index contributed by atoms with van der Waals surface area (Å²) in [7, 11) is 1.89. The summed E-state index contributed by atoms with van der Waals surface area (Å²) in [5.74, 6) is 1.33. The molecule has 2 aromatic heterocycles. The van der Waals surface area contributed by atoms with Crippen LogP contribution in [0.1, 0.15) is 33.9 Å². The first-order valence-electron chi connectivity index (χ1n) is 8.27. The van der Waals surface area contributed by atoms with Crippen LogP contribution in [0.2, 0.25) is 0 Å². The van der Waals surface area contributed by atoms with Crippen LogP contribution in [0.15, 0.2) is 22.7 Å². The summed E-state index contributed by atoms with van der Waals surface area (Å²) >= 11 is 5.02. The molecular formula is C18H18BrN3O3S. The SMILES string of the molecule is Cc1nn(C)c2sc(C(=O)NC(C)c3cc4c(cc3Br)OCCO4)cc12. The lowest BCUT2D eigenvalue weighted by Crippen LogP contribution is -2.26. The molecule has 1 aromatic carbocycles. The highest BCUT2D eigenvalue weighted by molar-refractivity contribution is 9.10. The predicted octanol–water partition coefficient (Wildman–Crippen LogP) is 3.97. The summed E-state index contributed by atoms with van der Waals surface area (Å²) in [6.45, 7) is 4.98. The predicted molar refractivity (Wildman–Crippen MR) is 104 cm³/mol. The van der Waals surface area contributed by atoms with Gasteiger partial charge in [0.15, 0.2) is 11.5 Å². The number of benzene rings is 1. The van der Waals surface area contributed by atoms with Crippen molar-refractivity contribution >= 4 is 43.4 Å². The number of hydrogen-bond acceptors (Lipinski definition) is 5. The van der Waals surface area contributed by atoms with Crippen molar-refractivity contribution in [2.45, 2.75) is 19.9 Å². The van der Waals surface area contributed by atoms with E-state index in [0.29, 0.717) is 23.8 Å². The summed E-state index contributed by atoms with van der Waals surface area (Å²) in [6, 6.07) is 5.53. The Morgan fingerprint density at radius 2 is 2.00 bits per heavy atom. The molecule has 8 heteroatoms. The van der Waals surface area contributed by atoms with E-state index in [2.05, 4.69) is 26.3 Å². The van der Waals surface area contributed by atoms with Gasteiger partial charge in [-0.05, 0) is 37.6 Å². The third-order valence-corrected chi connectivity index (χ3v) is 6.28. The molecule has 4 rings (SSSR count). The van der Waals surface area contributed by atoms with Crippen molar-refractivity contribution in [3.63, 3.8) is 0 Å². The monoisotopic (exact) mass is 435 g/mol. The first kappa shape index (κ1) is 17.4. The molecule has 0 aliphatic carbocycles. The van der Waals surface area contributed by atoms with E-state index < -0.39 is 0 Å². The van der Waals surface area contributed by atoms with E-state index in [-0.39, 0.29) is 11.9 Å². The average Bonchev–Trinajstić information content (AvgIpc) is 3.16. The number of carbonyl (C=O) groups excluding carboxylic acids is 1. The topological polar surface area (TPSA) is 65.4 Å². The number of halogens is 1. The summed E-state index contributed by atoms with van der Waals surface area (Å²) in [5, 5.41) is 8.46. The van der Waals surface area contributed by atoms with Crippen molar-refractivity contribution in [3.8, 4) is 11.5 Å². The molecule has 1 atom stereocenters. The van der Waals surface area contributed by atoms with Crippen LogP contribution in [0.4, 0.5) is 0 Å². The van der Waals surface area contributed by atoms with E-state index in [9.17, 15) is 4.79 Å². The lowest BCUT2D eigenvalue weighted by atomic mass is 10.1. The number of nitrogens with one attached hydrogen (secondary N) is 1. The normalized spacial score (nSPS) is 14.5. The summed E-state index contributed by atoms with van der Waals surface area (Å²) in [6.07, 6.45) is 0. The van der Waals surface area contributed by atoms with Gasteiger partial charge in [0.25, 0.3) is 5.91 Å². The second-order valence-electron chi connectivity index (χ2n) is 6.25. The second-order valence-corrected chi connectivity index (χ2v) is 8.14. The van der Waals surface area contributed by atoms with Crippen LogP contribution >= 0.6 is 27.3 Å². The van der Waals surface area contributed by atoms with Crippen LogP contribution in [0.5, 0.6) is 11.5 Å². The molecule has 1 unspecified atom stereocenters. The Labute approximate surface area is 163 Å².